The van der Waals surface area contributed by atoms with Gasteiger partial charge in [-0.3, -0.25) is 9.59 Å². The number of amides is 1. The molecule has 0 bridgehead atoms. The van der Waals surface area contributed by atoms with Crippen molar-refractivity contribution in [3.63, 3.8) is 0 Å². The fourth-order valence-electron chi connectivity index (χ4n) is 5.25. The maximum atomic E-state index is 13.5. The topological polar surface area (TPSA) is 120 Å². The van der Waals surface area contributed by atoms with Crippen molar-refractivity contribution in [2.45, 2.75) is 52.0 Å². The Morgan fingerprint density at radius 1 is 1.24 bits per heavy atom. The zero-order valence-electron chi connectivity index (χ0n) is 18.9. The second-order valence-electron chi connectivity index (χ2n) is 9.01. The van der Waals surface area contributed by atoms with E-state index in [4.69, 9.17) is 14.5 Å². The molecule has 0 unspecified atom stereocenters. The van der Waals surface area contributed by atoms with E-state index in [-0.39, 0.29) is 42.2 Å². The van der Waals surface area contributed by atoms with Crippen molar-refractivity contribution < 1.29 is 24.2 Å². The van der Waals surface area contributed by atoms with Gasteiger partial charge in [0, 0.05) is 42.5 Å². The highest BCUT2D eigenvalue weighted by molar-refractivity contribution is 5.91. The van der Waals surface area contributed by atoms with Gasteiger partial charge in [0.25, 0.3) is 5.56 Å². The number of cyclic esters (lactones) is 1. The maximum absolute atomic E-state index is 13.5. The Morgan fingerprint density at radius 3 is 2.82 bits per heavy atom. The van der Waals surface area contributed by atoms with Crippen molar-refractivity contribution in [2.75, 3.05) is 6.61 Å². The van der Waals surface area contributed by atoms with Gasteiger partial charge in [-0.05, 0) is 29.7 Å². The number of ether oxygens (including phenoxy) is 2. The Hall–Kier alpha value is -3.72. The molecule has 2 aromatic heterocycles. The van der Waals surface area contributed by atoms with E-state index in [1.807, 2.05) is 6.07 Å². The van der Waals surface area contributed by atoms with Crippen molar-refractivity contribution in [1.29, 1.82) is 0 Å². The molecule has 0 spiro atoms. The molecule has 0 saturated heterocycles. The summed E-state index contributed by atoms with van der Waals surface area (Å²) in [5, 5.41) is 14.9. The van der Waals surface area contributed by atoms with E-state index in [2.05, 4.69) is 11.4 Å². The summed E-state index contributed by atoms with van der Waals surface area (Å²) >= 11 is 0. The number of carbonyl (C=O) groups excluding carboxylic acids is 2. The summed E-state index contributed by atoms with van der Waals surface area (Å²) in [6.45, 7) is 4.14. The Balaban J connectivity index is 1.62. The smallest absolute Gasteiger partial charge is 0.343 e. The number of pyridine rings is 2. The number of nitrogens with one attached hydrogen (secondary N) is 1. The highest BCUT2D eigenvalue weighted by Crippen LogP contribution is 2.41. The molecule has 9 heteroatoms. The quantitative estimate of drug-likeness (QED) is 0.445. The summed E-state index contributed by atoms with van der Waals surface area (Å²) in [6.07, 6.45) is 0.884. The standard InChI is InChI=1S/C25H23N3O6/c1-3-25(32)18-7-20-22-16(10-28(20)23(30)17(18)11-34-24(25)31)15(9-26-12(2)29)14-6-13-4-5-33-21(13)8-19(14)27-22/h6-8,32H,3-5,9-11H2,1-2H3,(H,26,29)/t25-/m0/s1. The summed E-state index contributed by atoms with van der Waals surface area (Å²) in [5.41, 5.74) is 3.01. The van der Waals surface area contributed by atoms with Gasteiger partial charge in [0.15, 0.2) is 5.60 Å². The minimum absolute atomic E-state index is 0.0803. The molecule has 34 heavy (non-hydrogen) atoms. The molecule has 0 saturated carbocycles. The fourth-order valence-corrected chi connectivity index (χ4v) is 5.25. The molecule has 5 heterocycles. The molecule has 3 aliphatic heterocycles. The van der Waals surface area contributed by atoms with Crippen LogP contribution in [0.3, 0.4) is 0 Å². The molecule has 6 rings (SSSR count). The first-order chi connectivity index (χ1) is 16.3. The number of aliphatic hydroxyl groups is 1. The summed E-state index contributed by atoms with van der Waals surface area (Å²) in [6, 6.07) is 5.65. The molecule has 1 aromatic carbocycles. The van der Waals surface area contributed by atoms with E-state index in [1.165, 1.54) is 6.92 Å². The van der Waals surface area contributed by atoms with Crippen LogP contribution in [0.15, 0.2) is 23.0 Å². The normalized spacial score (nSPS) is 19.7. The third-order valence-corrected chi connectivity index (χ3v) is 7.13. The van der Waals surface area contributed by atoms with Crippen LogP contribution in [0, 0.1) is 0 Å². The molecule has 0 fully saturated rings. The largest absolute Gasteiger partial charge is 0.493 e. The SMILES string of the molecule is CC[C@@]1(O)C(=O)OCc2c1cc1n(c2=O)Cc2c-1nc1cc3c(cc1c2CNC(C)=O)CCO3. The maximum Gasteiger partial charge on any atom is 0.343 e. The number of benzene rings is 1. The Bertz CT molecular complexity index is 1490. The minimum atomic E-state index is -1.88. The van der Waals surface area contributed by atoms with Crippen LogP contribution in [0.5, 0.6) is 5.75 Å². The Labute approximate surface area is 194 Å². The molecule has 1 atom stereocenters. The van der Waals surface area contributed by atoms with Crippen LogP contribution in [0.2, 0.25) is 0 Å². The van der Waals surface area contributed by atoms with E-state index in [9.17, 15) is 19.5 Å². The fraction of sp³-hybridized carbons (Fsp3) is 0.360. The van der Waals surface area contributed by atoms with Crippen molar-refractivity contribution in [3.8, 4) is 17.1 Å². The number of carbonyl (C=O) groups is 2. The van der Waals surface area contributed by atoms with E-state index >= 15 is 0 Å². The van der Waals surface area contributed by atoms with E-state index in [0.29, 0.717) is 30.1 Å². The molecule has 174 valence electrons. The van der Waals surface area contributed by atoms with E-state index in [1.54, 1.807) is 17.6 Å². The van der Waals surface area contributed by atoms with Gasteiger partial charge < -0.3 is 24.5 Å². The first kappa shape index (κ1) is 20.9. The van der Waals surface area contributed by atoms with E-state index < -0.39 is 11.6 Å². The first-order valence-electron chi connectivity index (χ1n) is 11.3. The van der Waals surface area contributed by atoms with Gasteiger partial charge in [0.05, 0.1) is 35.6 Å². The monoisotopic (exact) mass is 461 g/mol. The summed E-state index contributed by atoms with van der Waals surface area (Å²) < 4.78 is 12.5. The lowest BCUT2D eigenvalue weighted by Crippen LogP contribution is -2.44. The second kappa shape index (κ2) is 7.14. The molecule has 0 radical (unpaired) electrons. The number of esters is 1. The van der Waals surface area contributed by atoms with Crippen LogP contribution >= 0.6 is 0 Å². The van der Waals surface area contributed by atoms with Crippen LogP contribution < -0.4 is 15.6 Å². The molecule has 9 nitrogen and oxygen atoms in total. The second-order valence-corrected chi connectivity index (χ2v) is 9.01. The molecule has 3 aliphatic rings. The summed E-state index contributed by atoms with van der Waals surface area (Å²) in [5.74, 6) is -0.125. The molecular formula is C25H23N3O6. The third kappa shape index (κ3) is 2.76. The summed E-state index contributed by atoms with van der Waals surface area (Å²) in [7, 11) is 0. The number of hydrogen-bond donors (Lipinski definition) is 2. The molecule has 1 amide bonds. The molecule has 3 aromatic rings. The average Bonchev–Trinajstić information content (AvgIpc) is 3.42. The first-order valence-corrected chi connectivity index (χ1v) is 11.3. The van der Waals surface area contributed by atoms with Crippen molar-refractivity contribution in [3.05, 3.63) is 56.4 Å². The number of hydrogen-bond acceptors (Lipinski definition) is 7. The molecular weight excluding hydrogens is 438 g/mol. The zero-order chi connectivity index (χ0) is 23.8. The average molecular weight is 461 g/mol. The predicted molar refractivity (Wildman–Crippen MR) is 121 cm³/mol. The number of rotatable bonds is 3. The summed E-state index contributed by atoms with van der Waals surface area (Å²) in [4.78, 5) is 42.5. The number of aromatic nitrogens is 2. The lowest BCUT2D eigenvalue weighted by atomic mass is 9.86. The Kier molecular flexibility index (Phi) is 4.38. The highest BCUT2D eigenvalue weighted by Gasteiger charge is 2.45. The highest BCUT2D eigenvalue weighted by atomic mass is 16.6. The van der Waals surface area contributed by atoms with Gasteiger partial charge in [-0.15, -0.1) is 0 Å². The van der Waals surface area contributed by atoms with Crippen LogP contribution in [-0.2, 0) is 46.0 Å². The van der Waals surface area contributed by atoms with Crippen molar-refractivity contribution in [1.82, 2.24) is 14.9 Å². The lowest BCUT2D eigenvalue weighted by molar-refractivity contribution is -0.172. The lowest BCUT2D eigenvalue weighted by Gasteiger charge is -2.31. The molecule has 2 N–H and O–H groups in total. The van der Waals surface area contributed by atoms with Crippen molar-refractivity contribution in [2.24, 2.45) is 0 Å². The van der Waals surface area contributed by atoms with Gasteiger partial charge in [-0.1, -0.05) is 6.92 Å². The van der Waals surface area contributed by atoms with Gasteiger partial charge in [0.1, 0.15) is 12.4 Å². The zero-order valence-corrected chi connectivity index (χ0v) is 18.9. The molecule has 0 aliphatic carbocycles. The minimum Gasteiger partial charge on any atom is -0.493 e. The van der Waals surface area contributed by atoms with Crippen LogP contribution in [0.4, 0.5) is 0 Å². The van der Waals surface area contributed by atoms with Gasteiger partial charge in [-0.25, -0.2) is 9.78 Å². The van der Waals surface area contributed by atoms with Gasteiger partial charge in [-0.2, -0.15) is 0 Å². The number of fused-ring (bicyclic) bond motifs is 6. The number of nitrogens with zero attached hydrogens (tertiary/aromatic N) is 2. The van der Waals surface area contributed by atoms with Gasteiger partial charge >= 0.3 is 5.97 Å². The van der Waals surface area contributed by atoms with E-state index in [0.717, 1.165) is 34.2 Å². The third-order valence-electron chi connectivity index (χ3n) is 7.13. The van der Waals surface area contributed by atoms with Crippen LogP contribution in [0.1, 0.15) is 48.1 Å². The van der Waals surface area contributed by atoms with Crippen molar-refractivity contribution >= 4 is 22.8 Å². The predicted octanol–water partition coefficient (Wildman–Crippen LogP) is 1.65. The Morgan fingerprint density at radius 2 is 2.06 bits per heavy atom. The van der Waals surface area contributed by atoms with Gasteiger partial charge in [0.2, 0.25) is 5.91 Å². The van der Waals surface area contributed by atoms with Crippen LogP contribution in [0.25, 0.3) is 22.3 Å². The van der Waals surface area contributed by atoms with Crippen LogP contribution in [-0.4, -0.2) is 33.1 Å².